The minimum Gasteiger partial charge on any atom is -0.385 e. The van der Waals surface area contributed by atoms with Crippen LogP contribution >= 0.6 is 11.6 Å². The Bertz CT molecular complexity index is 299. The quantitative estimate of drug-likeness (QED) is 0.646. The van der Waals surface area contributed by atoms with E-state index >= 15 is 0 Å². The molecule has 1 aliphatic heterocycles. The van der Waals surface area contributed by atoms with Crippen molar-refractivity contribution in [1.82, 2.24) is 0 Å². The standard InChI is InChI=1S/C9H11ClN2/c10-6-1-2-7-8(11)3-4-12-9(7)5-6/h1-2,5,8,12H,3-4,11H2/t8-/m0/s1. The molecule has 0 radical (unpaired) electrons. The van der Waals surface area contributed by atoms with E-state index in [4.69, 9.17) is 17.3 Å². The first-order valence-corrected chi connectivity index (χ1v) is 4.44. The fraction of sp³-hybridized carbons (Fsp3) is 0.333. The number of halogens is 1. The van der Waals surface area contributed by atoms with Crippen molar-refractivity contribution in [3.05, 3.63) is 28.8 Å². The molecule has 1 aliphatic rings. The van der Waals surface area contributed by atoms with Gasteiger partial charge in [0.2, 0.25) is 0 Å². The molecule has 1 aromatic carbocycles. The smallest absolute Gasteiger partial charge is 0.0426 e. The average Bonchev–Trinajstić information content (AvgIpc) is 2.04. The van der Waals surface area contributed by atoms with Crippen molar-refractivity contribution in [2.24, 2.45) is 5.73 Å². The molecule has 0 amide bonds. The van der Waals surface area contributed by atoms with Crippen molar-refractivity contribution in [1.29, 1.82) is 0 Å². The van der Waals surface area contributed by atoms with E-state index in [-0.39, 0.29) is 6.04 Å². The van der Waals surface area contributed by atoms with E-state index in [1.807, 2.05) is 18.2 Å². The first-order valence-electron chi connectivity index (χ1n) is 4.06. The predicted octanol–water partition coefficient (Wildman–Crippen LogP) is 2.16. The lowest BCUT2D eigenvalue weighted by Gasteiger charge is -2.23. The maximum atomic E-state index is 5.91. The Morgan fingerprint density at radius 3 is 3.17 bits per heavy atom. The zero-order valence-corrected chi connectivity index (χ0v) is 7.43. The number of hydrogen-bond acceptors (Lipinski definition) is 2. The Morgan fingerprint density at radius 2 is 2.33 bits per heavy atom. The van der Waals surface area contributed by atoms with E-state index in [0.717, 1.165) is 23.7 Å². The lowest BCUT2D eigenvalue weighted by Crippen LogP contribution is -2.22. The van der Waals surface area contributed by atoms with E-state index in [0.29, 0.717) is 0 Å². The zero-order valence-electron chi connectivity index (χ0n) is 6.68. The molecule has 0 saturated carbocycles. The van der Waals surface area contributed by atoms with Crippen LogP contribution in [-0.2, 0) is 0 Å². The second-order valence-electron chi connectivity index (χ2n) is 3.05. The van der Waals surface area contributed by atoms with Gasteiger partial charge in [-0.25, -0.2) is 0 Å². The molecule has 2 nitrogen and oxygen atoms in total. The van der Waals surface area contributed by atoms with Crippen LogP contribution in [0.3, 0.4) is 0 Å². The summed E-state index contributed by atoms with van der Waals surface area (Å²) in [5, 5.41) is 4.03. The van der Waals surface area contributed by atoms with Gasteiger partial charge in [0.15, 0.2) is 0 Å². The summed E-state index contributed by atoms with van der Waals surface area (Å²) in [7, 11) is 0. The number of nitrogens with one attached hydrogen (secondary N) is 1. The predicted molar refractivity (Wildman–Crippen MR) is 51.5 cm³/mol. The molecule has 1 atom stereocenters. The Labute approximate surface area is 76.7 Å². The highest BCUT2D eigenvalue weighted by molar-refractivity contribution is 6.30. The number of hydrogen-bond donors (Lipinski definition) is 2. The van der Waals surface area contributed by atoms with E-state index in [9.17, 15) is 0 Å². The maximum absolute atomic E-state index is 5.91. The molecule has 12 heavy (non-hydrogen) atoms. The Kier molecular flexibility index (Phi) is 1.95. The van der Waals surface area contributed by atoms with E-state index in [1.165, 1.54) is 5.56 Å². The molecule has 2 rings (SSSR count). The Balaban J connectivity index is 2.46. The maximum Gasteiger partial charge on any atom is 0.0426 e. The summed E-state index contributed by atoms with van der Waals surface area (Å²) in [6, 6.07) is 5.97. The third-order valence-corrected chi connectivity index (χ3v) is 2.42. The molecule has 64 valence electrons. The van der Waals surface area contributed by atoms with Crippen LogP contribution in [0.1, 0.15) is 18.0 Å². The van der Waals surface area contributed by atoms with Gasteiger partial charge in [-0.3, -0.25) is 0 Å². The van der Waals surface area contributed by atoms with E-state index in [1.54, 1.807) is 0 Å². The summed E-state index contributed by atoms with van der Waals surface area (Å²) in [5.41, 5.74) is 8.17. The van der Waals surface area contributed by atoms with Crippen LogP contribution in [0.4, 0.5) is 5.69 Å². The van der Waals surface area contributed by atoms with Gasteiger partial charge in [-0.05, 0) is 24.1 Å². The van der Waals surface area contributed by atoms with Gasteiger partial charge in [0.05, 0.1) is 0 Å². The fourth-order valence-electron chi connectivity index (χ4n) is 1.52. The van der Waals surface area contributed by atoms with Crippen molar-refractivity contribution in [2.75, 3.05) is 11.9 Å². The molecule has 0 unspecified atom stereocenters. The van der Waals surface area contributed by atoms with Crippen LogP contribution in [0.25, 0.3) is 0 Å². The van der Waals surface area contributed by atoms with Crippen LogP contribution in [0.15, 0.2) is 18.2 Å². The molecule has 0 saturated heterocycles. The topological polar surface area (TPSA) is 38.0 Å². The highest BCUT2D eigenvalue weighted by atomic mass is 35.5. The fourth-order valence-corrected chi connectivity index (χ4v) is 1.69. The minimum atomic E-state index is 0.165. The lowest BCUT2D eigenvalue weighted by atomic mass is 9.99. The van der Waals surface area contributed by atoms with Gasteiger partial charge in [0.1, 0.15) is 0 Å². The van der Waals surface area contributed by atoms with Gasteiger partial charge < -0.3 is 11.1 Å². The molecule has 1 aromatic rings. The van der Waals surface area contributed by atoms with Gasteiger partial charge in [-0.15, -0.1) is 0 Å². The summed E-state index contributed by atoms with van der Waals surface area (Å²) in [6.45, 7) is 0.939. The van der Waals surface area contributed by atoms with E-state index in [2.05, 4.69) is 5.32 Å². The molecular formula is C9H11ClN2. The van der Waals surface area contributed by atoms with Gasteiger partial charge in [-0.2, -0.15) is 0 Å². The van der Waals surface area contributed by atoms with Crippen molar-refractivity contribution in [3.8, 4) is 0 Å². The highest BCUT2D eigenvalue weighted by Crippen LogP contribution is 2.30. The number of rotatable bonds is 0. The number of nitrogens with two attached hydrogens (primary N) is 1. The number of benzene rings is 1. The number of fused-ring (bicyclic) bond motifs is 1. The van der Waals surface area contributed by atoms with Gasteiger partial charge in [0.25, 0.3) is 0 Å². The van der Waals surface area contributed by atoms with Crippen LogP contribution in [0.5, 0.6) is 0 Å². The van der Waals surface area contributed by atoms with Gasteiger partial charge in [-0.1, -0.05) is 17.7 Å². The van der Waals surface area contributed by atoms with Crippen LogP contribution in [0.2, 0.25) is 5.02 Å². The van der Waals surface area contributed by atoms with Crippen LogP contribution in [0, 0.1) is 0 Å². The summed E-state index contributed by atoms with van der Waals surface area (Å²) < 4.78 is 0. The largest absolute Gasteiger partial charge is 0.385 e. The van der Waals surface area contributed by atoms with Crippen molar-refractivity contribution in [2.45, 2.75) is 12.5 Å². The normalized spacial score (nSPS) is 21.3. The van der Waals surface area contributed by atoms with Crippen LogP contribution in [-0.4, -0.2) is 6.54 Å². The average molecular weight is 183 g/mol. The molecule has 0 aromatic heterocycles. The SMILES string of the molecule is N[C@H]1CCNc2cc(Cl)ccc21. The van der Waals surface area contributed by atoms with Crippen molar-refractivity contribution in [3.63, 3.8) is 0 Å². The monoisotopic (exact) mass is 182 g/mol. The first-order chi connectivity index (χ1) is 5.77. The third kappa shape index (κ3) is 1.28. The molecule has 0 bridgehead atoms. The second kappa shape index (κ2) is 2.96. The van der Waals surface area contributed by atoms with E-state index < -0.39 is 0 Å². The summed E-state index contributed by atoms with van der Waals surface area (Å²) in [5.74, 6) is 0. The van der Waals surface area contributed by atoms with Crippen molar-refractivity contribution >= 4 is 17.3 Å². The third-order valence-electron chi connectivity index (χ3n) is 2.19. The lowest BCUT2D eigenvalue weighted by molar-refractivity contribution is 0.655. The number of anilines is 1. The minimum absolute atomic E-state index is 0.165. The molecule has 3 heteroatoms. The summed E-state index contributed by atoms with van der Waals surface area (Å²) in [4.78, 5) is 0. The molecule has 3 N–H and O–H groups in total. The summed E-state index contributed by atoms with van der Waals surface area (Å²) >= 11 is 5.84. The van der Waals surface area contributed by atoms with Crippen LogP contribution < -0.4 is 11.1 Å². The van der Waals surface area contributed by atoms with Crippen molar-refractivity contribution < 1.29 is 0 Å². The Morgan fingerprint density at radius 1 is 1.50 bits per heavy atom. The highest BCUT2D eigenvalue weighted by Gasteiger charge is 2.15. The van der Waals surface area contributed by atoms with Gasteiger partial charge >= 0.3 is 0 Å². The molecule has 1 heterocycles. The molecule has 0 spiro atoms. The molecule has 0 fully saturated rings. The zero-order chi connectivity index (χ0) is 8.55. The Hall–Kier alpha value is -0.730. The molecular weight excluding hydrogens is 172 g/mol. The molecule has 0 aliphatic carbocycles. The second-order valence-corrected chi connectivity index (χ2v) is 3.49. The first kappa shape index (κ1) is 7.90. The van der Waals surface area contributed by atoms with Gasteiger partial charge in [0, 0.05) is 23.3 Å². The summed E-state index contributed by atoms with van der Waals surface area (Å²) in [6.07, 6.45) is 0.995.